The molecule has 14 rings (SSSR count). The second-order valence-electron chi connectivity index (χ2n) is 17.9. The standard InChI is InChI=1S/C65H41NO/c1-3-17-42(18-4-1)43-33-36-46(37-34-43)66(61-32-16-31-60-62(61)55-25-11-14-30-59(55)65(60)57-28-12-9-23-51(57)52-24-10-13-29-58(52)65)47-38-40-50-53-27-15-26-49(44-19-5-2-6-20-44)63(53)67-64-48-22-8-7-21-45(48)35-39-54(64)56(50)41-47/h1-41H. The molecule has 0 N–H and O–H groups in total. The Bertz CT molecular complexity index is 3730. The lowest BCUT2D eigenvalue weighted by Gasteiger charge is -2.32. The van der Waals surface area contributed by atoms with Gasteiger partial charge in [0.25, 0.3) is 0 Å². The van der Waals surface area contributed by atoms with Gasteiger partial charge in [-0.25, -0.2) is 0 Å². The smallest absolute Gasteiger partial charge is 0.143 e. The van der Waals surface area contributed by atoms with Gasteiger partial charge in [0.1, 0.15) is 11.5 Å². The maximum atomic E-state index is 7.31. The van der Waals surface area contributed by atoms with Crippen molar-refractivity contribution in [3.63, 3.8) is 0 Å². The van der Waals surface area contributed by atoms with Crippen LogP contribution in [0, 0.1) is 0 Å². The van der Waals surface area contributed by atoms with Gasteiger partial charge in [-0.2, -0.15) is 0 Å². The van der Waals surface area contributed by atoms with Crippen LogP contribution in [0.15, 0.2) is 249 Å². The van der Waals surface area contributed by atoms with Gasteiger partial charge >= 0.3 is 0 Å². The average molecular weight is 852 g/mol. The van der Waals surface area contributed by atoms with Gasteiger partial charge in [0.05, 0.1) is 11.1 Å². The Kier molecular flexibility index (Phi) is 8.23. The Morgan fingerprint density at radius 3 is 1.57 bits per heavy atom. The zero-order chi connectivity index (χ0) is 44.1. The van der Waals surface area contributed by atoms with Gasteiger partial charge in [-0.3, -0.25) is 0 Å². The molecule has 0 atom stereocenters. The molecule has 0 aromatic heterocycles. The Hall–Kier alpha value is -8.72. The highest BCUT2D eigenvalue weighted by molar-refractivity contribution is 6.05. The number of ether oxygens (including phenoxy) is 1. The number of hydrogen-bond donors (Lipinski definition) is 0. The van der Waals surface area contributed by atoms with E-state index in [0.717, 1.165) is 72.7 Å². The minimum atomic E-state index is -0.469. The molecule has 312 valence electrons. The highest BCUT2D eigenvalue weighted by atomic mass is 16.5. The summed E-state index contributed by atoms with van der Waals surface area (Å²) in [6.45, 7) is 0. The predicted octanol–water partition coefficient (Wildman–Crippen LogP) is 17.4. The van der Waals surface area contributed by atoms with Crippen LogP contribution in [-0.2, 0) is 5.41 Å². The lowest BCUT2D eigenvalue weighted by atomic mass is 9.70. The molecule has 0 unspecified atom stereocenters. The second kappa shape index (κ2) is 14.7. The maximum absolute atomic E-state index is 7.31. The topological polar surface area (TPSA) is 12.5 Å². The number of para-hydroxylation sites is 1. The van der Waals surface area contributed by atoms with Gasteiger partial charge in [0, 0.05) is 39.0 Å². The van der Waals surface area contributed by atoms with Crippen LogP contribution in [0.3, 0.4) is 0 Å². The SMILES string of the molecule is c1ccc(-c2ccc(N(c3ccc4c(c3)-c3ccc5ccccc5c3Oc3c(-c5ccccc5)cccc3-4)c3cccc4c3-c3ccccc3C43c4ccccc4-c4ccccc43)cc2)cc1. The van der Waals surface area contributed by atoms with Gasteiger partial charge in [0.15, 0.2) is 0 Å². The minimum Gasteiger partial charge on any atom is -0.455 e. The van der Waals surface area contributed by atoms with Crippen LogP contribution >= 0.6 is 0 Å². The monoisotopic (exact) mass is 851 g/mol. The van der Waals surface area contributed by atoms with E-state index in [2.05, 4.69) is 254 Å². The average Bonchev–Trinajstić information content (AvgIpc) is 3.82. The summed E-state index contributed by atoms with van der Waals surface area (Å²) in [5, 5.41) is 2.22. The maximum Gasteiger partial charge on any atom is 0.143 e. The second-order valence-corrected chi connectivity index (χ2v) is 17.9. The number of hydrogen-bond acceptors (Lipinski definition) is 2. The van der Waals surface area contributed by atoms with Crippen LogP contribution in [0.25, 0.3) is 77.5 Å². The number of benzene rings is 11. The molecule has 1 aliphatic heterocycles. The van der Waals surface area contributed by atoms with Crippen molar-refractivity contribution in [3.8, 4) is 78.3 Å². The molecule has 11 aromatic rings. The van der Waals surface area contributed by atoms with E-state index in [9.17, 15) is 0 Å². The molecule has 0 bridgehead atoms. The summed E-state index contributed by atoms with van der Waals surface area (Å²) in [6.07, 6.45) is 0. The molecular weight excluding hydrogens is 811 g/mol. The van der Waals surface area contributed by atoms with Gasteiger partial charge in [-0.05, 0) is 109 Å². The third kappa shape index (κ3) is 5.45. The van der Waals surface area contributed by atoms with Crippen LogP contribution in [0.2, 0.25) is 0 Å². The summed E-state index contributed by atoms with van der Waals surface area (Å²) in [5.41, 5.74) is 22.1. The normalized spacial score (nSPS) is 13.0. The summed E-state index contributed by atoms with van der Waals surface area (Å²) in [7, 11) is 0. The first-order valence-electron chi connectivity index (χ1n) is 23.2. The summed E-state index contributed by atoms with van der Waals surface area (Å²) >= 11 is 0. The Morgan fingerprint density at radius 2 is 0.821 bits per heavy atom. The summed E-state index contributed by atoms with van der Waals surface area (Å²) in [4.78, 5) is 2.49. The summed E-state index contributed by atoms with van der Waals surface area (Å²) < 4.78 is 7.31. The summed E-state index contributed by atoms with van der Waals surface area (Å²) in [6, 6.07) is 91.2. The molecule has 0 saturated heterocycles. The van der Waals surface area contributed by atoms with E-state index in [1.54, 1.807) is 0 Å². The van der Waals surface area contributed by atoms with Gasteiger partial charge in [0.2, 0.25) is 0 Å². The van der Waals surface area contributed by atoms with Gasteiger partial charge < -0.3 is 9.64 Å². The number of anilines is 3. The Labute approximate surface area is 390 Å². The molecule has 0 amide bonds. The van der Waals surface area contributed by atoms with Crippen LogP contribution in [-0.4, -0.2) is 0 Å². The third-order valence-electron chi connectivity index (χ3n) is 14.5. The van der Waals surface area contributed by atoms with Crippen LogP contribution in [0.5, 0.6) is 11.5 Å². The van der Waals surface area contributed by atoms with Crippen molar-refractivity contribution in [2.24, 2.45) is 0 Å². The molecule has 3 aliphatic rings. The molecule has 67 heavy (non-hydrogen) atoms. The molecule has 2 aliphatic carbocycles. The molecule has 0 fully saturated rings. The Balaban J connectivity index is 1.05. The highest BCUT2D eigenvalue weighted by Crippen LogP contribution is 2.65. The molecular formula is C65H41NO. The fourth-order valence-corrected chi connectivity index (χ4v) is 11.7. The van der Waals surface area contributed by atoms with Gasteiger partial charge in [-0.1, -0.05) is 212 Å². The largest absolute Gasteiger partial charge is 0.455 e. The summed E-state index contributed by atoms with van der Waals surface area (Å²) in [5.74, 6) is 1.73. The van der Waals surface area contributed by atoms with E-state index in [0.29, 0.717) is 0 Å². The van der Waals surface area contributed by atoms with Crippen LogP contribution in [0.4, 0.5) is 17.1 Å². The lowest BCUT2D eigenvalue weighted by Crippen LogP contribution is -2.26. The molecule has 0 radical (unpaired) electrons. The molecule has 0 saturated carbocycles. The fourth-order valence-electron chi connectivity index (χ4n) is 11.7. The number of fused-ring (bicyclic) bond motifs is 17. The molecule has 1 spiro atoms. The third-order valence-corrected chi connectivity index (χ3v) is 14.5. The Morgan fingerprint density at radius 1 is 0.299 bits per heavy atom. The zero-order valence-electron chi connectivity index (χ0n) is 36.5. The molecule has 1 heterocycles. The number of rotatable bonds is 5. The predicted molar refractivity (Wildman–Crippen MR) is 277 cm³/mol. The van der Waals surface area contributed by atoms with E-state index >= 15 is 0 Å². The quantitative estimate of drug-likeness (QED) is 0.171. The highest BCUT2D eigenvalue weighted by Gasteiger charge is 2.52. The first kappa shape index (κ1) is 37.6. The first-order chi connectivity index (χ1) is 33.3. The van der Waals surface area contributed by atoms with Crippen molar-refractivity contribution in [1.29, 1.82) is 0 Å². The zero-order valence-corrected chi connectivity index (χ0v) is 36.5. The van der Waals surface area contributed by atoms with Crippen molar-refractivity contribution < 1.29 is 4.74 Å². The van der Waals surface area contributed by atoms with Crippen LogP contribution in [0.1, 0.15) is 22.3 Å². The molecule has 11 aromatic carbocycles. The van der Waals surface area contributed by atoms with E-state index < -0.39 is 5.41 Å². The van der Waals surface area contributed by atoms with Gasteiger partial charge in [-0.15, -0.1) is 0 Å². The molecule has 2 heteroatoms. The van der Waals surface area contributed by atoms with Crippen molar-refractivity contribution in [2.45, 2.75) is 5.41 Å². The fraction of sp³-hybridized carbons (Fsp3) is 0.0154. The van der Waals surface area contributed by atoms with Crippen molar-refractivity contribution >= 4 is 27.8 Å². The van der Waals surface area contributed by atoms with E-state index in [4.69, 9.17) is 4.74 Å². The van der Waals surface area contributed by atoms with Crippen molar-refractivity contribution in [1.82, 2.24) is 0 Å². The van der Waals surface area contributed by atoms with E-state index in [1.165, 1.54) is 55.6 Å². The van der Waals surface area contributed by atoms with Crippen molar-refractivity contribution in [3.05, 3.63) is 271 Å². The van der Waals surface area contributed by atoms with Crippen LogP contribution < -0.4 is 9.64 Å². The molecule has 2 nitrogen and oxygen atoms in total. The van der Waals surface area contributed by atoms with Crippen molar-refractivity contribution in [2.75, 3.05) is 4.90 Å². The number of nitrogens with zero attached hydrogens (tertiary/aromatic N) is 1. The minimum absolute atomic E-state index is 0.469. The van der Waals surface area contributed by atoms with E-state index in [1.807, 2.05) is 0 Å². The van der Waals surface area contributed by atoms with E-state index in [-0.39, 0.29) is 0 Å². The first-order valence-corrected chi connectivity index (χ1v) is 23.2. The lowest BCUT2D eigenvalue weighted by molar-refractivity contribution is 0.495.